The highest BCUT2D eigenvalue weighted by Crippen LogP contribution is 2.31. The van der Waals surface area contributed by atoms with Crippen molar-refractivity contribution >= 4 is 11.4 Å². The van der Waals surface area contributed by atoms with Gasteiger partial charge in [-0.05, 0) is 62.8 Å². The molecule has 1 aliphatic rings. The van der Waals surface area contributed by atoms with Crippen LogP contribution in [0.25, 0.3) is 27.9 Å². The summed E-state index contributed by atoms with van der Waals surface area (Å²) in [7, 11) is 2.15. The Bertz CT molecular complexity index is 1380. The van der Waals surface area contributed by atoms with Crippen molar-refractivity contribution in [1.29, 1.82) is 0 Å². The Labute approximate surface area is 210 Å². The normalized spacial score (nSPS) is 14.9. The highest BCUT2D eigenvalue weighted by atomic mass is 19.1. The first kappa shape index (κ1) is 24.1. The third-order valence-corrected chi connectivity index (χ3v) is 6.81. The van der Waals surface area contributed by atoms with Crippen LogP contribution in [-0.2, 0) is 0 Å². The van der Waals surface area contributed by atoms with Gasteiger partial charge in [-0.2, -0.15) is 0 Å². The Morgan fingerprint density at radius 3 is 2.67 bits per heavy atom. The molecule has 1 amide bonds. The molecular weight excluding hydrogens is 455 g/mol. The van der Waals surface area contributed by atoms with Gasteiger partial charge in [0, 0.05) is 61.8 Å². The predicted molar refractivity (Wildman–Crippen MR) is 139 cm³/mol. The van der Waals surface area contributed by atoms with Crippen LogP contribution < -0.4 is 5.32 Å². The Kier molecular flexibility index (Phi) is 7.06. The molecule has 0 spiro atoms. The van der Waals surface area contributed by atoms with E-state index in [0.29, 0.717) is 17.9 Å². The third-order valence-electron chi connectivity index (χ3n) is 6.81. The number of carbonyl (C=O) groups is 1. The maximum Gasteiger partial charge on any atom is 0.287 e. The Balaban J connectivity index is 1.33. The number of nitrogens with one attached hydrogen (secondary N) is 1. The molecule has 5 rings (SSSR count). The summed E-state index contributed by atoms with van der Waals surface area (Å²) in [5.74, 6) is -0.0733. The van der Waals surface area contributed by atoms with E-state index in [0.717, 1.165) is 67.0 Å². The van der Waals surface area contributed by atoms with Crippen LogP contribution in [0.5, 0.6) is 0 Å². The van der Waals surface area contributed by atoms with Gasteiger partial charge in [0.1, 0.15) is 5.82 Å². The number of aryl methyl sites for hydroxylation is 1. The fraction of sp³-hybridized carbons (Fsp3) is 0.321. The van der Waals surface area contributed by atoms with Crippen molar-refractivity contribution in [2.75, 3.05) is 46.3 Å². The summed E-state index contributed by atoms with van der Waals surface area (Å²) in [5, 5.41) is 3.03. The second-order valence-electron chi connectivity index (χ2n) is 9.41. The minimum Gasteiger partial charge on any atom is -0.349 e. The molecule has 1 aromatic carbocycles. The molecule has 1 saturated heterocycles. The number of rotatable bonds is 7. The van der Waals surface area contributed by atoms with E-state index in [1.54, 1.807) is 31.5 Å². The molecule has 1 N–H and O–H groups in total. The summed E-state index contributed by atoms with van der Waals surface area (Å²) >= 11 is 0. The van der Waals surface area contributed by atoms with Crippen LogP contribution in [0.4, 0.5) is 4.39 Å². The summed E-state index contributed by atoms with van der Waals surface area (Å²) in [6, 6.07) is 12.8. The van der Waals surface area contributed by atoms with Gasteiger partial charge < -0.3 is 15.1 Å². The number of aromatic nitrogens is 3. The minimum atomic E-state index is -0.241. The maximum absolute atomic E-state index is 13.8. The summed E-state index contributed by atoms with van der Waals surface area (Å²) in [6.07, 6.45) is 6.25. The first-order chi connectivity index (χ1) is 17.5. The smallest absolute Gasteiger partial charge is 0.287 e. The van der Waals surface area contributed by atoms with Gasteiger partial charge in [0.05, 0.1) is 17.4 Å². The van der Waals surface area contributed by atoms with E-state index in [4.69, 9.17) is 0 Å². The van der Waals surface area contributed by atoms with Crippen molar-refractivity contribution < 1.29 is 9.18 Å². The fourth-order valence-corrected chi connectivity index (χ4v) is 4.63. The fourth-order valence-electron chi connectivity index (χ4n) is 4.63. The van der Waals surface area contributed by atoms with Gasteiger partial charge in [-0.3, -0.25) is 14.2 Å². The van der Waals surface area contributed by atoms with Gasteiger partial charge in [0.25, 0.3) is 5.91 Å². The summed E-state index contributed by atoms with van der Waals surface area (Å²) < 4.78 is 15.7. The average Bonchev–Trinajstić information content (AvgIpc) is 3.33. The van der Waals surface area contributed by atoms with Gasteiger partial charge in [-0.25, -0.2) is 9.37 Å². The lowest BCUT2D eigenvalue weighted by Gasteiger charge is -2.32. The second kappa shape index (κ2) is 10.6. The maximum atomic E-state index is 13.8. The number of likely N-dealkylation sites (N-methyl/N-ethyl adjacent to an activating group) is 1. The van der Waals surface area contributed by atoms with E-state index >= 15 is 0 Å². The van der Waals surface area contributed by atoms with Gasteiger partial charge in [0.2, 0.25) is 5.82 Å². The van der Waals surface area contributed by atoms with E-state index in [1.165, 1.54) is 6.07 Å². The van der Waals surface area contributed by atoms with Gasteiger partial charge in [-0.15, -0.1) is 0 Å². The molecule has 8 heteroatoms. The second-order valence-corrected chi connectivity index (χ2v) is 9.41. The topological polar surface area (TPSA) is 65.8 Å². The largest absolute Gasteiger partial charge is 0.349 e. The van der Waals surface area contributed by atoms with Crippen LogP contribution in [0.1, 0.15) is 22.6 Å². The molecule has 1 aliphatic heterocycles. The van der Waals surface area contributed by atoms with Gasteiger partial charge >= 0.3 is 0 Å². The lowest BCUT2D eigenvalue weighted by molar-refractivity contribution is 0.0938. The van der Waals surface area contributed by atoms with Crippen LogP contribution in [0.2, 0.25) is 0 Å². The number of hydrogen-bond donors (Lipinski definition) is 1. The molecular formula is C28H31FN6O. The van der Waals surface area contributed by atoms with Crippen LogP contribution >= 0.6 is 0 Å². The molecule has 0 atom stereocenters. The lowest BCUT2D eigenvalue weighted by Crippen LogP contribution is -2.45. The van der Waals surface area contributed by atoms with E-state index in [-0.39, 0.29) is 11.7 Å². The van der Waals surface area contributed by atoms with Crippen molar-refractivity contribution in [1.82, 2.24) is 29.5 Å². The van der Waals surface area contributed by atoms with Gasteiger partial charge in [0.15, 0.2) is 0 Å². The number of carbonyl (C=O) groups excluding carboxylic acids is 1. The first-order valence-corrected chi connectivity index (χ1v) is 12.4. The minimum absolute atomic E-state index is 0.189. The molecule has 3 aromatic heterocycles. The van der Waals surface area contributed by atoms with Crippen molar-refractivity contribution in [3.8, 4) is 22.4 Å². The average molecular weight is 487 g/mol. The molecule has 1 fully saturated rings. The van der Waals surface area contributed by atoms with E-state index in [2.05, 4.69) is 32.1 Å². The number of benzene rings is 1. The van der Waals surface area contributed by atoms with Crippen molar-refractivity contribution in [3.05, 3.63) is 78.3 Å². The molecule has 4 aromatic rings. The van der Waals surface area contributed by atoms with E-state index < -0.39 is 0 Å². The quantitative estimate of drug-likeness (QED) is 0.402. The zero-order valence-corrected chi connectivity index (χ0v) is 20.7. The van der Waals surface area contributed by atoms with Gasteiger partial charge in [-0.1, -0.05) is 12.1 Å². The molecule has 186 valence electrons. The van der Waals surface area contributed by atoms with Crippen molar-refractivity contribution in [2.24, 2.45) is 0 Å². The molecule has 0 radical (unpaired) electrons. The monoisotopic (exact) mass is 486 g/mol. The molecule has 0 unspecified atom stereocenters. The number of hydrogen-bond acceptors (Lipinski definition) is 5. The number of amides is 1. The SMILES string of the molecule is Cc1cc(-c2ncccc2-c2ccc3cnc(C(=O)NCCCN4CCN(C)CC4)n3c2)ccc1F. The standard InChI is InChI=1S/C28H31FN6O/c1-20-17-21(7-9-25(20)29)26-24(5-3-10-30-26)22-6-8-23-18-32-27(35(23)19-22)28(36)31-11-4-12-34-15-13-33(2)14-16-34/h3,5-10,17-19H,4,11-16H2,1-2H3,(H,31,36). The lowest BCUT2D eigenvalue weighted by atomic mass is 9.99. The van der Waals surface area contributed by atoms with Crippen LogP contribution in [0.15, 0.2) is 61.1 Å². The number of fused-ring (bicyclic) bond motifs is 1. The van der Waals surface area contributed by atoms with Crippen molar-refractivity contribution in [3.63, 3.8) is 0 Å². The van der Waals surface area contributed by atoms with Crippen molar-refractivity contribution in [2.45, 2.75) is 13.3 Å². The zero-order chi connectivity index (χ0) is 25.1. The first-order valence-electron chi connectivity index (χ1n) is 12.4. The third kappa shape index (κ3) is 5.15. The molecule has 0 saturated carbocycles. The molecule has 7 nitrogen and oxygen atoms in total. The highest BCUT2D eigenvalue weighted by Gasteiger charge is 2.16. The number of piperazine rings is 1. The Morgan fingerprint density at radius 2 is 1.86 bits per heavy atom. The van der Waals surface area contributed by atoms with E-state index in [9.17, 15) is 9.18 Å². The molecule has 0 aliphatic carbocycles. The zero-order valence-electron chi connectivity index (χ0n) is 20.7. The summed E-state index contributed by atoms with van der Waals surface area (Å²) in [4.78, 5) is 26.7. The molecule has 0 bridgehead atoms. The number of pyridine rings is 2. The highest BCUT2D eigenvalue weighted by molar-refractivity contribution is 5.92. The van der Waals surface area contributed by atoms with Crippen LogP contribution in [0, 0.1) is 12.7 Å². The van der Waals surface area contributed by atoms with E-state index in [1.807, 2.05) is 34.9 Å². The number of halogens is 1. The summed E-state index contributed by atoms with van der Waals surface area (Å²) in [5.41, 5.74) is 4.81. The number of nitrogens with zero attached hydrogens (tertiary/aromatic N) is 5. The molecule has 4 heterocycles. The number of imidazole rings is 1. The Morgan fingerprint density at radius 1 is 1.06 bits per heavy atom. The Hall–Kier alpha value is -3.62. The summed E-state index contributed by atoms with van der Waals surface area (Å²) in [6.45, 7) is 7.67. The molecule has 36 heavy (non-hydrogen) atoms. The van der Waals surface area contributed by atoms with Crippen LogP contribution in [-0.4, -0.2) is 76.4 Å². The van der Waals surface area contributed by atoms with Crippen LogP contribution in [0.3, 0.4) is 0 Å². The predicted octanol–water partition coefficient (Wildman–Crippen LogP) is 3.88.